The van der Waals surface area contributed by atoms with Crippen molar-refractivity contribution in [3.05, 3.63) is 0 Å². The smallest absolute Gasteiger partial charge is 0.234 e. The second kappa shape index (κ2) is 4.30. The van der Waals surface area contributed by atoms with Crippen LogP contribution in [0, 0.1) is 0 Å². The highest BCUT2D eigenvalue weighted by Crippen LogP contribution is 2.22. The summed E-state index contributed by atoms with van der Waals surface area (Å²) in [6.07, 6.45) is 7.57. The van der Waals surface area contributed by atoms with Crippen LogP contribution in [0.3, 0.4) is 0 Å². The summed E-state index contributed by atoms with van der Waals surface area (Å²) in [5.74, 6) is 0.210. The lowest BCUT2D eigenvalue weighted by Gasteiger charge is -2.23. The van der Waals surface area contributed by atoms with Crippen LogP contribution in [0.4, 0.5) is 0 Å². The van der Waals surface area contributed by atoms with Crippen LogP contribution in [-0.4, -0.2) is 36.5 Å². The van der Waals surface area contributed by atoms with Gasteiger partial charge in [-0.05, 0) is 32.7 Å². The molecule has 2 saturated carbocycles. The zero-order valence-corrected chi connectivity index (χ0v) is 8.96. The van der Waals surface area contributed by atoms with Crippen LogP contribution in [0.5, 0.6) is 0 Å². The van der Waals surface area contributed by atoms with Crippen molar-refractivity contribution in [1.82, 2.24) is 10.2 Å². The summed E-state index contributed by atoms with van der Waals surface area (Å²) in [4.78, 5) is 13.7. The summed E-state index contributed by atoms with van der Waals surface area (Å²) in [7, 11) is 2.07. The minimum atomic E-state index is 0.210. The molecule has 3 nitrogen and oxygen atoms in total. The number of carbonyl (C=O) groups is 1. The zero-order valence-electron chi connectivity index (χ0n) is 8.96. The van der Waals surface area contributed by atoms with Gasteiger partial charge in [0.05, 0.1) is 6.54 Å². The van der Waals surface area contributed by atoms with Crippen LogP contribution in [0.2, 0.25) is 0 Å². The topological polar surface area (TPSA) is 32.3 Å². The summed E-state index contributed by atoms with van der Waals surface area (Å²) in [5, 5.41) is 3.03. The molecule has 0 aromatic rings. The van der Waals surface area contributed by atoms with Crippen molar-refractivity contribution < 1.29 is 4.79 Å². The molecule has 0 heterocycles. The predicted octanol–water partition coefficient (Wildman–Crippen LogP) is 1.14. The van der Waals surface area contributed by atoms with Gasteiger partial charge in [-0.3, -0.25) is 9.69 Å². The zero-order chi connectivity index (χ0) is 9.97. The minimum Gasteiger partial charge on any atom is -0.352 e. The molecule has 0 aromatic carbocycles. The highest BCUT2D eigenvalue weighted by molar-refractivity contribution is 5.78. The van der Waals surface area contributed by atoms with E-state index in [1.807, 2.05) is 0 Å². The number of nitrogens with one attached hydrogen (secondary N) is 1. The van der Waals surface area contributed by atoms with Crippen molar-refractivity contribution >= 4 is 5.91 Å². The fraction of sp³-hybridized carbons (Fsp3) is 0.909. The van der Waals surface area contributed by atoms with Crippen LogP contribution >= 0.6 is 0 Å². The quantitative estimate of drug-likeness (QED) is 0.731. The van der Waals surface area contributed by atoms with E-state index in [0.29, 0.717) is 18.6 Å². The van der Waals surface area contributed by atoms with E-state index in [9.17, 15) is 4.79 Å². The summed E-state index contributed by atoms with van der Waals surface area (Å²) in [6, 6.07) is 1.15. The molecule has 14 heavy (non-hydrogen) atoms. The molecule has 2 aliphatic carbocycles. The summed E-state index contributed by atoms with van der Waals surface area (Å²) in [6.45, 7) is 0.584. The second-order valence-corrected chi connectivity index (χ2v) is 4.70. The van der Waals surface area contributed by atoms with E-state index in [-0.39, 0.29) is 5.91 Å². The number of hydrogen-bond acceptors (Lipinski definition) is 2. The van der Waals surface area contributed by atoms with Gasteiger partial charge in [-0.2, -0.15) is 0 Å². The molecule has 2 aliphatic rings. The molecule has 0 aliphatic heterocycles. The van der Waals surface area contributed by atoms with Crippen LogP contribution < -0.4 is 5.32 Å². The van der Waals surface area contributed by atoms with Gasteiger partial charge < -0.3 is 5.32 Å². The van der Waals surface area contributed by atoms with Gasteiger partial charge in [0.1, 0.15) is 0 Å². The monoisotopic (exact) mass is 196 g/mol. The van der Waals surface area contributed by atoms with E-state index < -0.39 is 0 Å². The number of amides is 1. The van der Waals surface area contributed by atoms with E-state index in [0.717, 1.165) is 0 Å². The highest BCUT2D eigenvalue weighted by atomic mass is 16.2. The fourth-order valence-electron chi connectivity index (χ4n) is 2.20. The average Bonchev–Trinajstić information content (AvgIpc) is 2.80. The Morgan fingerprint density at radius 3 is 2.50 bits per heavy atom. The first-order chi connectivity index (χ1) is 6.75. The Kier molecular flexibility index (Phi) is 3.06. The fourth-order valence-corrected chi connectivity index (χ4v) is 2.20. The van der Waals surface area contributed by atoms with Crippen molar-refractivity contribution in [2.75, 3.05) is 13.6 Å². The minimum absolute atomic E-state index is 0.210. The summed E-state index contributed by atoms with van der Waals surface area (Å²) >= 11 is 0. The first-order valence-corrected chi connectivity index (χ1v) is 5.75. The second-order valence-electron chi connectivity index (χ2n) is 4.70. The third kappa shape index (κ3) is 2.71. The summed E-state index contributed by atoms with van der Waals surface area (Å²) < 4.78 is 0. The molecule has 0 radical (unpaired) electrons. The molecule has 0 atom stereocenters. The molecule has 2 fully saturated rings. The van der Waals surface area contributed by atoms with E-state index in [1.165, 1.54) is 38.5 Å². The van der Waals surface area contributed by atoms with Gasteiger partial charge in [-0.15, -0.1) is 0 Å². The number of nitrogens with zero attached hydrogens (tertiary/aromatic N) is 1. The Morgan fingerprint density at radius 2 is 1.93 bits per heavy atom. The molecule has 0 bridgehead atoms. The van der Waals surface area contributed by atoms with Gasteiger partial charge in [0.25, 0.3) is 0 Å². The Hall–Kier alpha value is -0.570. The number of carbonyl (C=O) groups excluding carboxylic acids is 1. The number of likely N-dealkylation sites (N-methyl/N-ethyl adjacent to an activating group) is 1. The first kappa shape index (κ1) is 9.97. The van der Waals surface area contributed by atoms with Gasteiger partial charge in [-0.1, -0.05) is 12.8 Å². The van der Waals surface area contributed by atoms with Gasteiger partial charge in [0, 0.05) is 12.1 Å². The molecular formula is C11H20N2O. The van der Waals surface area contributed by atoms with Gasteiger partial charge in [0.15, 0.2) is 0 Å². The molecular weight excluding hydrogens is 176 g/mol. The van der Waals surface area contributed by atoms with E-state index in [2.05, 4.69) is 17.3 Å². The molecule has 1 N–H and O–H groups in total. The number of rotatable bonds is 4. The van der Waals surface area contributed by atoms with Crippen molar-refractivity contribution in [2.45, 2.75) is 50.6 Å². The molecule has 3 heteroatoms. The highest BCUT2D eigenvalue weighted by Gasteiger charge is 2.25. The standard InChI is InChI=1S/C11H20N2O/c1-13(10-4-2-3-5-10)8-11(14)12-9-6-7-9/h9-10H,2-8H2,1H3,(H,12,14). The predicted molar refractivity (Wildman–Crippen MR) is 56.1 cm³/mol. The number of hydrogen-bond donors (Lipinski definition) is 1. The maximum Gasteiger partial charge on any atom is 0.234 e. The van der Waals surface area contributed by atoms with Crippen LogP contribution in [-0.2, 0) is 4.79 Å². The van der Waals surface area contributed by atoms with Crippen molar-refractivity contribution in [3.8, 4) is 0 Å². The van der Waals surface area contributed by atoms with Crippen LogP contribution in [0.15, 0.2) is 0 Å². The Bertz CT molecular complexity index is 207. The SMILES string of the molecule is CN(CC(=O)NC1CC1)C1CCCC1. The average molecular weight is 196 g/mol. The normalized spacial score (nSPS) is 23.0. The Labute approximate surface area is 85.8 Å². The molecule has 2 rings (SSSR count). The lowest BCUT2D eigenvalue weighted by atomic mass is 10.2. The molecule has 80 valence electrons. The molecule has 0 spiro atoms. The third-order valence-corrected chi connectivity index (χ3v) is 3.28. The molecule has 0 aromatic heterocycles. The molecule has 1 amide bonds. The van der Waals surface area contributed by atoms with E-state index in [4.69, 9.17) is 0 Å². The van der Waals surface area contributed by atoms with E-state index >= 15 is 0 Å². The largest absolute Gasteiger partial charge is 0.352 e. The van der Waals surface area contributed by atoms with Crippen molar-refractivity contribution in [1.29, 1.82) is 0 Å². The lowest BCUT2D eigenvalue weighted by Crippen LogP contribution is -2.40. The van der Waals surface area contributed by atoms with Gasteiger partial charge in [-0.25, -0.2) is 0 Å². The summed E-state index contributed by atoms with van der Waals surface area (Å²) in [5.41, 5.74) is 0. The molecule has 0 unspecified atom stereocenters. The maximum atomic E-state index is 11.5. The van der Waals surface area contributed by atoms with Gasteiger partial charge in [0.2, 0.25) is 5.91 Å². The van der Waals surface area contributed by atoms with E-state index in [1.54, 1.807) is 0 Å². The van der Waals surface area contributed by atoms with Crippen LogP contribution in [0.1, 0.15) is 38.5 Å². The van der Waals surface area contributed by atoms with Crippen molar-refractivity contribution in [3.63, 3.8) is 0 Å². The third-order valence-electron chi connectivity index (χ3n) is 3.28. The maximum absolute atomic E-state index is 11.5. The Balaban J connectivity index is 1.69. The van der Waals surface area contributed by atoms with Gasteiger partial charge >= 0.3 is 0 Å². The van der Waals surface area contributed by atoms with Crippen molar-refractivity contribution in [2.24, 2.45) is 0 Å². The van der Waals surface area contributed by atoms with Crippen LogP contribution in [0.25, 0.3) is 0 Å². The lowest BCUT2D eigenvalue weighted by molar-refractivity contribution is -0.122. The first-order valence-electron chi connectivity index (χ1n) is 5.75. The molecule has 0 saturated heterocycles. The Morgan fingerprint density at radius 1 is 1.29 bits per heavy atom.